The molecule has 50 heavy (non-hydrogen) atoms. The van der Waals surface area contributed by atoms with Gasteiger partial charge in [0.2, 0.25) is 11.8 Å². The van der Waals surface area contributed by atoms with Crippen molar-refractivity contribution < 1.29 is 29.1 Å². The third-order valence-electron chi connectivity index (χ3n) is 10.1. The largest absolute Gasteiger partial charge is 0.508 e. The Labute approximate surface area is 293 Å². The van der Waals surface area contributed by atoms with Crippen molar-refractivity contribution in [3.05, 3.63) is 131 Å². The first-order valence-corrected chi connectivity index (χ1v) is 17.4. The lowest BCUT2D eigenvalue weighted by atomic mass is 9.58. The number of fused-ring (bicyclic) bond motifs is 3. The number of anilines is 3. The molecular weight excluding hydrogens is 627 g/mol. The van der Waals surface area contributed by atoms with Gasteiger partial charge in [-0.3, -0.25) is 14.5 Å². The summed E-state index contributed by atoms with van der Waals surface area (Å²) in [5, 5.41) is 24.1. The van der Waals surface area contributed by atoms with E-state index in [1.54, 1.807) is 24.3 Å². The summed E-state index contributed by atoms with van der Waals surface area (Å²) < 4.78 is 12.5. The van der Waals surface area contributed by atoms with Gasteiger partial charge in [-0.2, -0.15) is 0 Å². The lowest BCUT2D eigenvalue weighted by molar-refractivity contribution is -0.122. The maximum absolute atomic E-state index is 14.3. The molecule has 0 unspecified atom stereocenters. The number of phenols is 1. The van der Waals surface area contributed by atoms with Crippen LogP contribution in [0.25, 0.3) is 6.08 Å². The molecule has 0 saturated carbocycles. The second kappa shape index (κ2) is 14.8. The lowest BCUT2D eigenvalue weighted by Crippen LogP contribution is -2.46. The number of imide groups is 1. The normalized spacial score (nSPS) is 22.0. The number of carbonyl (C=O) groups excluding carboxylic acids is 2. The molecule has 254 valence electrons. The smallest absolute Gasteiger partial charge is 0.455 e. The number of nitrogens with zero attached hydrogens (tertiary/aromatic N) is 1. The number of nitrogens with one attached hydrogen (secondary N) is 1. The van der Waals surface area contributed by atoms with Gasteiger partial charge in [-0.15, -0.1) is 0 Å². The maximum Gasteiger partial charge on any atom is 0.455 e. The van der Waals surface area contributed by atoms with E-state index in [2.05, 4.69) is 18.3 Å². The molecule has 4 aromatic rings. The van der Waals surface area contributed by atoms with E-state index >= 15 is 0 Å². The van der Waals surface area contributed by atoms with Gasteiger partial charge in [0, 0.05) is 11.4 Å². The van der Waals surface area contributed by atoms with Gasteiger partial charge in [-0.05, 0) is 115 Å². The van der Waals surface area contributed by atoms with Crippen molar-refractivity contribution in [2.45, 2.75) is 45.0 Å². The van der Waals surface area contributed by atoms with Crippen LogP contribution in [0.2, 0.25) is 6.32 Å². The van der Waals surface area contributed by atoms with Crippen LogP contribution in [-0.2, 0) is 14.2 Å². The highest BCUT2D eigenvalue weighted by atomic mass is 16.5. The Morgan fingerprint density at radius 3 is 2.28 bits per heavy atom. The number of rotatable bonds is 11. The minimum Gasteiger partial charge on any atom is -0.508 e. The van der Waals surface area contributed by atoms with Crippen LogP contribution in [0.4, 0.5) is 17.1 Å². The third kappa shape index (κ3) is 7.11. The first-order chi connectivity index (χ1) is 24.4. The van der Waals surface area contributed by atoms with Gasteiger partial charge >= 0.3 is 7.12 Å². The molecule has 9 heteroatoms. The summed E-state index contributed by atoms with van der Waals surface area (Å²) in [4.78, 5) is 29.8. The standard InChI is InChI=1S/C41H41BN2O6/c1-2-27(23-28-13-20-33(45)21-14-28)15-22-37-38-29(26-49-34-11-7-4-8-12-34)24-35-39(36(38)25-42(48)50-37)41(47)44(40(35)46)32-18-16-31(17-19-32)43-30-9-5-3-6-10-30/h3-14,16-21,23,35-37,39,43,45,48H,2,15,22,24-26H2,1H3/b27-23+/t35-,36+,37-,39-/m1/s1. The maximum atomic E-state index is 14.3. The Kier molecular flexibility index (Phi) is 9.87. The lowest BCUT2D eigenvalue weighted by Gasteiger charge is -2.43. The van der Waals surface area contributed by atoms with E-state index in [0.29, 0.717) is 24.9 Å². The van der Waals surface area contributed by atoms with E-state index in [1.165, 1.54) is 10.5 Å². The topological polar surface area (TPSA) is 108 Å². The quantitative estimate of drug-likeness (QED) is 0.0851. The van der Waals surface area contributed by atoms with Gasteiger partial charge in [0.1, 0.15) is 18.1 Å². The first kappa shape index (κ1) is 33.4. The van der Waals surface area contributed by atoms with E-state index in [4.69, 9.17) is 9.39 Å². The fraction of sp³-hybridized carbons (Fsp3) is 0.268. The SMILES string of the molecule is CC/C(=C\c1ccc(O)cc1)CC[C@H]1OB(O)C[C@H]2C1=C(COc1ccccc1)C[C@H]1C(=O)N(c3ccc(Nc4ccccc4)cc3)C(=O)[C@H]12. The molecule has 0 spiro atoms. The van der Waals surface area contributed by atoms with Gasteiger partial charge in [-0.25, -0.2) is 0 Å². The fourth-order valence-corrected chi connectivity index (χ4v) is 7.69. The van der Waals surface area contributed by atoms with Crippen LogP contribution in [0.1, 0.15) is 38.2 Å². The minimum atomic E-state index is -1.06. The van der Waals surface area contributed by atoms with Crippen LogP contribution >= 0.6 is 0 Å². The van der Waals surface area contributed by atoms with E-state index in [0.717, 1.165) is 40.3 Å². The number of allylic oxidation sites excluding steroid dienone is 1. The molecule has 3 N–H and O–H groups in total. The van der Waals surface area contributed by atoms with Gasteiger partial charge < -0.3 is 24.8 Å². The molecular formula is C41H41BN2O6. The van der Waals surface area contributed by atoms with Crippen LogP contribution in [0.3, 0.4) is 0 Å². The molecule has 2 saturated heterocycles. The highest BCUT2D eigenvalue weighted by molar-refractivity contribution is 6.43. The Balaban J connectivity index is 1.17. The van der Waals surface area contributed by atoms with Crippen molar-refractivity contribution in [2.24, 2.45) is 17.8 Å². The zero-order valence-corrected chi connectivity index (χ0v) is 28.1. The molecule has 3 aliphatic rings. The molecule has 2 amide bonds. The van der Waals surface area contributed by atoms with Crippen molar-refractivity contribution in [3.63, 3.8) is 0 Å². The summed E-state index contributed by atoms with van der Waals surface area (Å²) in [6.07, 6.45) is 4.46. The number of aromatic hydroxyl groups is 1. The summed E-state index contributed by atoms with van der Waals surface area (Å²) in [5.74, 6) is -1.02. The van der Waals surface area contributed by atoms with Crippen molar-refractivity contribution in [1.82, 2.24) is 0 Å². The van der Waals surface area contributed by atoms with E-state index in [1.807, 2.05) is 84.9 Å². The van der Waals surface area contributed by atoms with Crippen LogP contribution in [-0.4, -0.2) is 41.8 Å². The molecule has 2 aliphatic heterocycles. The number of hydrogen-bond donors (Lipinski definition) is 3. The predicted molar refractivity (Wildman–Crippen MR) is 196 cm³/mol. The van der Waals surface area contributed by atoms with Crippen LogP contribution < -0.4 is 15.0 Å². The van der Waals surface area contributed by atoms with Crippen molar-refractivity contribution in [1.29, 1.82) is 0 Å². The number of ether oxygens (including phenoxy) is 1. The molecule has 2 heterocycles. The molecule has 0 bridgehead atoms. The molecule has 1 aliphatic carbocycles. The van der Waals surface area contributed by atoms with Crippen molar-refractivity contribution in [2.75, 3.05) is 16.8 Å². The Morgan fingerprint density at radius 1 is 0.900 bits per heavy atom. The molecule has 8 nitrogen and oxygen atoms in total. The molecule has 4 aromatic carbocycles. The highest BCUT2D eigenvalue weighted by Gasteiger charge is 2.57. The molecule has 7 rings (SSSR count). The van der Waals surface area contributed by atoms with Gasteiger partial charge in [-0.1, -0.05) is 67.1 Å². The van der Waals surface area contributed by atoms with Crippen molar-refractivity contribution in [3.8, 4) is 11.5 Å². The Bertz CT molecular complexity index is 1880. The zero-order chi connectivity index (χ0) is 34.6. The van der Waals surface area contributed by atoms with Gasteiger partial charge in [0.05, 0.1) is 23.6 Å². The van der Waals surface area contributed by atoms with Gasteiger partial charge in [0.15, 0.2) is 0 Å². The van der Waals surface area contributed by atoms with Crippen LogP contribution in [0.5, 0.6) is 11.5 Å². The van der Waals surface area contributed by atoms with E-state index in [9.17, 15) is 19.7 Å². The number of amides is 2. The summed E-state index contributed by atoms with van der Waals surface area (Å²) >= 11 is 0. The molecule has 0 radical (unpaired) electrons. The number of benzene rings is 4. The Hall–Kier alpha value is -5.12. The third-order valence-corrected chi connectivity index (χ3v) is 10.1. The van der Waals surface area contributed by atoms with Crippen molar-refractivity contribution >= 4 is 42.1 Å². The number of hydrogen-bond acceptors (Lipinski definition) is 7. The number of phenolic OH excluding ortho intramolecular Hbond substituents is 1. The van der Waals surface area contributed by atoms with E-state index in [-0.39, 0.29) is 36.4 Å². The second-order valence-corrected chi connectivity index (χ2v) is 13.3. The average molecular weight is 669 g/mol. The van der Waals surface area contributed by atoms with Crippen LogP contribution in [0.15, 0.2) is 126 Å². The monoisotopic (exact) mass is 668 g/mol. The number of carbonyl (C=O) groups is 2. The summed E-state index contributed by atoms with van der Waals surface area (Å²) in [7, 11) is -1.06. The molecule has 0 aromatic heterocycles. The van der Waals surface area contributed by atoms with Crippen LogP contribution in [0, 0.1) is 17.8 Å². The van der Waals surface area contributed by atoms with E-state index < -0.39 is 25.1 Å². The zero-order valence-electron chi connectivity index (χ0n) is 28.1. The second-order valence-electron chi connectivity index (χ2n) is 13.3. The summed E-state index contributed by atoms with van der Waals surface area (Å²) in [6, 6.07) is 33.8. The fourth-order valence-electron chi connectivity index (χ4n) is 7.69. The predicted octanol–water partition coefficient (Wildman–Crippen LogP) is 7.79. The molecule has 2 fully saturated rings. The minimum absolute atomic E-state index is 0.220. The summed E-state index contributed by atoms with van der Waals surface area (Å²) in [6.45, 7) is 2.37. The number of para-hydroxylation sites is 2. The summed E-state index contributed by atoms with van der Waals surface area (Å²) in [5.41, 5.74) is 6.47. The highest BCUT2D eigenvalue weighted by Crippen LogP contribution is 2.51. The average Bonchev–Trinajstić information content (AvgIpc) is 3.39. The van der Waals surface area contributed by atoms with Gasteiger partial charge in [0.25, 0.3) is 0 Å². The Morgan fingerprint density at radius 2 is 1.58 bits per heavy atom. The first-order valence-electron chi connectivity index (χ1n) is 17.4. The molecule has 4 atom stereocenters.